The van der Waals surface area contributed by atoms with Crippen molar-refractivity contribution in [3.05, 3.63) is 29.8 Å². The fourth-order valence-electron chi connectivity index (χ4n) is 1.66. The third-order valence-corrected chi connectivity index (χ3v) is 2.89. The smallest absolute Gasteiger partial charge is 0.344 e. The van der Waals surface area contributed by atoms with E-state index in [-0.39, 0.29) is 18.1 Å². The predicted molar refractivity (Wildman–Crippen MR) is 84.4 cm³/mol. The molecule has 1 aromatic rings. The monoisotopic (exact) mass is 293 g/mol. The quantitative estimate of drug-likeness (QED) is 0.590. The number of esters is 1. The fourth-order valence-corrected chi connectivity index (χ4v) is 1.66. The lowest BCUT2D eigenvalue weighted by Gasteiger charge is -2.21. The molecule has 118 valence electrons. The summed E-state index contributed by atoms with van der Waals surface area (Å²) in [4.78, 5) is 11.6. The summed E-state index contributed by atoms with van der Waals surface area (Å²) >= 11 is 0. The molecule has 0 spiro atoms. The maximum absolute atomic E-state index is 11.6. The Hall–Kier alpha value is -1.55. The van der Waals surface area contributed by atoms with Crippen LogP contribution in [0.15, 0.2) is 24.3 Å². The summed E-state index contributed by atoms with van der Waals surface area (Å²) in [5.74, 6) is 0.406. The number of hydrogen-bond donors (Lipinski definition) is 1. The van der Waals surface area contributed by atoms with Gasteiger partial charge < -0.3 is 14.8 Å². The summed E-state index contributed by atoms with van der Waals surface area (Å²) in [6, 6.07) is 7.74. The molecule has 4 heteroatoms. The van der Waals surface area contributed by atoms with Crippen LogP contribution in [0.3, 0.4) is 0 Å². The van der Waals surface area contributed by atoms with Crippen molar-refractivity contribution in [3.8, 4) is 5.75 Å². The van der Waals surface area contributed by atoms with Crippen molar-refractivity contribution in [2.24, 2.45) is 0 Å². The highest BCUT2D eigenvalue weighted by Crippen LogP contribution is 2.18. The summed E-state index contributed by atoms with van der Waals surface area (Å²) in [7, 11) is 0. The van der Waals surface area contributed by atoms with E-state index in [0.717, 1.165) is 24.2 Å². The van der Waals surface area contributed by atoms with Crippen molar-refractivity contribution >= 4 is 5.97 Å². The molecular formula is C17H27NO3. The number of ether oxygens (including phenoxy) is 2. The van der Waals surface area contributed by atoms with Crippen molar-refractivity contribution in [3.63, 3.8) is 0 Å². The van der Waals surface area contributed by atoms with E-state index in [1.807, 2.05) is 24.3 Å². The first-order chi connectivity index (χ1) is 9.92. The van der Waals surface area contributed by atoms with Gasteiger partial charge in [0.2, 0.25) is 0 Å². The van der Waals surface area contributed by atoms with Crippen LogP contribution in [0, 0.1) is 0 Å². The molecule has 21 heavy (non-hydrogen) atoms. The Balaban J connectivity index is 2.49. The number of carbonyl (C=O) groups is 1. The third-order valence-electron chi connectivity index (χ3n) is 2.89. The molecule has 0 fully saturated rings. The van der Waals surface area contributed by atoms with E-state index in [1.54, 1.807) is 0 Å². The molecule has 0 bridgehead atoms. The van der Waals surface area contributed by atoms with Gasteiger partial charge in [0.05, 0.1) is 6.61 Å². The van der Waals surface area contributed by atoms with Crippen LogP contribution in [0.2, 0.25) is 0 Å². The molecule has 0 atom stereocenters. The molecular weight excluding hydrogens is 266 g/mol. The SMILES string of the molecule is CCCCOC(=O)COc1ccccc1CNC(C)(C)C. The summed E-state index contributed by atoms with van der Waals surface area (Å²) in [5.41, 5.74) is 1.07. The minimum Gasteiger partial charge on any atom is -0.482 e. The van der Waals surface area contributed by atoms with E-state index in [0.29, 0.717) is 13.2 Å². The van der Waals surface area contributed by atoms with Crippen LogP contribution in [-0.4, -0.2) is 24.7 Å². The van der Waals surface area contributed by atoms with Crippen LogP contribution in [0.25, 0.3) is 0 Å². The van der Waals surface area contributed by atoms with Gasteiger partial charge in [-0.2, -0.15) is 0 Å². The van der Waals surface area contributed by atoms with Gasteiger partial charge >= 0.3 is 5.97 Å². The molecule has 0 aliphatic heterocycles. The zero-order chi connectivity index (χ0) is 15.7. The van der Waals surface area contributed by atoms with Crippen molar-refractivity contribution in [2.75, 3.05) is 13.2 Å². The molecule has 0 aromatic heterocycles. The van der Waals surface area contributed by atoms with Crippen molar-refractivity contribution < 1.29 is 14.3 Å². The number of nitrogens with one attached hydrogen (secondary N) is 1. The van der Waals surface area contributed by atoms with Gasteiger partial charge in [0.1, 0.15) is 5.75 Å². The molecule has 1 aromatic carbocycles. The molecule has 0 aliphatic carbocycles. The second-order valence-electron chi connectivity index (χ2n) is 6.07. The summed E-state index contributed by atoms with van der Waals surface area (Å²) in [5, 5.41) is 3.41. The average molecular weight is 293 g/mol. The van der Waals surface area contributed by atoms with Crippen LogP contribution in [0.4, 0.5) is 0 Å². The topological polar surface area (TPSA) is 47.6 Å². The Morgan fingerprint density at radius 3 is 2.62 bits per heavy atom. The fraction of sp³-hybridized carbons (Fsp3) is 0.588. The molecule has 0 aliphatic rings. The first-order valence-electron chi connectivity index (χ1n) is 7.53. The zero-order valence-electron chi connectivity index (χ0n) is 13.6. The first-order valence-corrected chi connectivity index (χ1v) is 7.53. The summed E-state index contributed by atoms with van der Waals surface area (Å²) < 4.78 is 10.7. The minimum absolute atomic E-state index is 0.0339. The lowest BCUT2D eigenvalue weighted by Crippen LogP contribution is -2.35. The van der Waals surface area contributed by atoms with Crippen molar-refractivity contribution in [2.45, 2.75) is 52.6 Å². The van der Waals surface area contributed by atoms with E-state index in [2.05, 4.69) is 33.0 Å². The normalized spacial score (nSPS) is 11.2. The average Bonchev–Trinajstić information content (AvgIpc) is 2.43. The predicted octanol–water partition coefficient (Wildman–Crippen LogP) is 3.30. The number of benzene rings is 1. The lowest BCUT2D eigenvalue weighted by molar-refractivity contribution is -0.146. The van der Waals surface area contributed by atoms with E-state index < -0.39 is 0 Å². The second kappa shape index (κ2) is 8.67. The Morgan fingerprint density at radius 2 is 1.95 bits per heavy atom. The van der Waals surface area contributed by atoms with Crippen LogP contribution >= 0.6 is 0 Å². The number of rotatable bonds is 8. The van der Waals surface area contributed by atoms with E-state index in [4.69, 9.17) is 9.47 Å². The largest absolute Gasteiger partial charge is 0.482 e. The molecule has 0 unspecified atom stereocenters. The van der Waals surface area contributed by atoms with Crippen molar-refractivity contribution in [1.29, 1.82) is 0 Å². The van der Waals surface area contributed by atoms with Gasteiger partial charge in [-0.15, -0.1) is 0 Å². The van der Waals surface area contributed by atoms with Crippen LogP contribution in [-0.2, 0) is 16.1 Å². The van der Waals surface area contributed by atoms with Crippen LogP contribution < -0.4 is 10.1 Å². The standard InChI is InChI=1S/C17H27NO3/c1-5-6-11-20-16(19)13-21-15-10-8-7-9-14(15)12-18-17(2,3)4/h7-10,18H,5-6,11-13H2,1-4H3. The molecule has 4 nitrogen and oxygen atoms in total. The zero-order valence-corrected chi connectivity index (χ0v) is 13.6. The van der Waals surface area contributed by atoms with Gasteiger partial charge in [-0.05, 0) is 33.3 Å². The first kappa shape index (κ1) is 17.5. The van der Waals surface area contributed by atoms with Gasteiger partial charge in [0, 0.05) is 17.6 Å². The second-order valence-corrected chi connectivity index (χ2v) is 6.07. The maximum atomic E-state index is 11.6. The van der Waals surface area contributed by atoms with Crippen LogP contribution in [0.5, 0.6) is 5.75 Å². The van der Waals surface area contributed by atoms with E-state index >= 15 is 0 Å². The maximum Gasteiger partial charge on any atom is 0.344 e. The number of carbonyl (C=O) groups excluding carboxylic acids is 1. The Bertz CT molecular complexity index is 438. The van der Waals surface area contributed by atoms with Gasteiger partial charge in [-0.3, -0.25) is 0 Å². The molecule has 0 heterocycles. The Kier molecular flexibility index (Phi) is 7.23. The molecule has 1 N–H and O–H groups in total. The number of para-hydroxylation sites is 1. The van der Waals surface area contributed by atoms with Gasteiger partial charge in [-0.1, -0.05) is 31.5 Å². The Morgan fingerprint density at radius 1 is 1.24 bits per heavy atom. The molecule has 0 radical (unpaired) electrons. The summed E-state index contributed by atoms with van der Waals surface area (Å²) in [6.45, 7) is 9.51. The number of unbranched alkanes of at least 4 members (excludes halogenated alkanes) is 1. The van der Waals surface area contributed by atoms with Gasteiger partial charge in [0.25, 0.3) is 0 Å². The molecule has 0 saturated carbocycles. The Labute approximate surface area is 127 Å². The van der Waals surface area contributed by atoms with E-state index in [1.165, 1.54) is 0 Å². The highest BCUT2D eigenvalue weighted by molar-refractivity contribution is 5.71. The highest BCUT2D eigenvalue weighted by atomic mass is 16.6. The molecule has 1 rings (SSSR count). The lowest BCUT2D eigenvalue weighted by atomic mass is 10.1. The third kappa shape index (κ3) is 7.71. The summed E-state index contributed by atoms with van der Waals surface area (Å²) in [6.07, 6.45) is 1.90. The van der Waals surface area contributed by atoms with Crippen LogP contribution in [0.1, 0.15) is 46.1 Å². The van der Waals surface area contributed by atoms with Gasteiger partial charge in [0.15, 0.2) is 6.61 Å². The molecule has 0 amide bonds. The minimum atomic E-state index is -0.318. The highest BCUT2D eigenvalue weighted by Gasteiger charge is 2.11. The molecule has 0 saturated heterocycles. The van der Waals surface area contributed by atoms with E-state index in [9.17, 15) is 4.79 Å². The number of hydrogen-bond acceptors (Lipinski definition) is 4. The van der Waals surface area contributed by atoms with Crippen molar-refractivity contribution in [1.82, 2.24) is 5.32 Å². The van der Waals surface area contributed by atoms with Gasteiger partial charge in [-0.25, -0.2) is 4.79 Å².